The van der Waals surface area contributed by atoms with E-state index in [1.165, 1.54) is 12.1 Å². The number of pyridine rings is 3. The monoisotopic (exact) mass is 444 g/mol. The number of fused-ring (bicyclic) bond motifs is 2. The Morgan fingerprint density at radius 3 is 2.76 bits per heavy atom. The zero-order chi connectivity index (χ0) is 22.4. The Labute approximate surface area is 188 Å². The lowest BCUT2D eigenvalue weighted by Gasteiger charge is -2.17. The van der Waals surface area contributed by atoms with Crippen molar-refractivity contribution in [1.29, 1.82) is 0 Å². The lowest BCUT2D eigenvalue weighted by atomic mass is 10.2. The third-order valence-electron chi connectivity index (χ3n) is 6.14. The summed E-state index contributed by atoms with van der Waals surface area (Å²) < 4.78 is 14.9. The van der Waals surface area contributed by atoms with Crippen molar-refractivity contribution in [2.75, 3.05) is 15.5 Å². The molecule has 0 unspecified atom stereocenters. The minimum absolute atomic E-state index is 0.0962. The Hall–Kier alpha value is -4.08. The molecule has 1 aliphatic heterocycles. The van der Waals surface area contributed by atoms with Crippen LogP contribution in [0.25, 0.3) is 5.65 Å². The largest absolute Gasteiger partial charge is 0.367 e. The van der Waals surface area contributed by atoms with Gasteiger partial charge < -0.3 is 15.5 Å². The summed E-state index contributed by atoms with van der Waals surface area (Å²) in [6.45, 7) is 0.510. The average molecular weight is 444 g/mol. The second kappa shape index (κ2) is 7.80. The summed E-state index contributed by atoms with van der Waals surface area (Å²) >= 11 is 0. The van der Waals surface area contributed by atoms with Crippen LogP contribution in [0.15, 0.2) is 55.0 Å². The van der Waals surface area contributed by atoms with Crippen LogP contribution in [0.3, 0.4) is 0 Å². The van der Waals surface area contributed by atoms with Crippen molar-refractivity contribution in [3.8, 4) is 0 Å². The van der Waals surface area contributed by atoms with Crippen molar-refractivity contribution in [3.05, 3.63) is 72.1 Å². The fourth-order valence-corrected chi connectivity index (χ4v) is 4.52. The minimum Gasteiger partial charge on any atom is -0.367 e. The number of anilines is 3. The zero-order valence-electron chi connectivity index (χ0n) is 17.6. The Bertz CT molecular complexity index is 1340. The van der Waals surface area contributed by atoms with E-state index in [2.05, 4.69) is 30.7 Å². The number of nitrogens with one attached hydrogen (secondary N) is 2. The van der Waals surface area contributed by atoms with Crippen LogP contribution >= 0.6 is 0 Å². The molecule has 5 heterocycles. The molecule has 4 aromatic rings. The van der Waals surface area contributed by atoms with Gasteiger partial charge in [0, 0.05) is 36.1 Å². The van der Waals surface area contributed by atoms with Gasteiger partial charge in [-0.25, -0.2) is 13.9 Å². The molecular formula is C23H21FN8O. The number of carbonyl (C=O) groups is 1. The van der Waals surface area contributed by atoms with Crippen LogP contribution in [-0.2, 0) is 6.54 Å². The first-order valence-corrected chi connectivity index (χ1v) is 10.9. The number of hydrogen-bond donors (Lipinski definition) is 2. The molecule has 1 saturated carbocycles. The fraction of sp³-hybridized carbons (Fsp3) is 0.261. The van der Waals surface area contributed by atoms with Gasteiger partial charge in [-0.2, -0.15) is 4.98 Å². The van der Waals surface area contributed by atoms with E-state index in [4.69, 9.17) is 0 Å². The van der Waals surface area contributed by atoms with Crippen molar-refractivity contribution in [1.82, 2.24) is 24.6 Å². The van der Waals surface area contributed by atoms with E-state index in [-0.39, 0.29) is 23.8 Å². The Morgan fingerprint density at radius 1 is 1.06 bits per heavy atom. The number of rotatable bonds is 5. The fourth-order valence-electron chi connectivity index (χ4n) is 4.52. The normalized spacial score (nSPS) is 19.8. The van der Waals surface area contributed by atoms with Gasteiger partial charge in [0.1, 0.15) is 17.3 Å². The van der Waals surface area contributed by atoms with E-state index in [9.17, 15) is 9.18 Å². The summed E-state index contributed by atoms with van der Waals surface area (Å²) in [5.41, 5.74) is 2.67. The first kappa shape index (κ1) is 19.6. The molecule has 9 nitrogen and oxygen atoms in total. The van der Waals surface area contributed by atoms with Crippen LogP contribution in [0.5, 0.6) is 0 Å². The Kier molecular flexibility index (Phi) is 4.63. The Morgan fingerprint density at radius 2 is 1.94 bits per heavy atom. The summed E-state index contributed by atoms with van der Waals surface area (Å²) in [4.78, 5) is 27.4. The van der Waals surface area contributed by atoms with Gasteiger partial charge in [0.2, 0.25) is 5.95 Å². The van der Waals surface area contributed by atoms with E-state index >= 15 is 0 Å². The third kappa shape index (κ3) is 3.73. The average Bonchev–Trinajstić information content (AvgIpc) is 3.52. The standard InChI is InChI=1S/C23H21FN8O/c24-15-7-9-32-20(10-15)29-23(30-32)28-17-4-3-16(11-17)27-19-6-5-18(12-26-19)31-13-14-2-1-8-25-21(14)22(31)33/h1-2,5-10,12,16-17H,3-4,11,13H2,(H,26,27)(H,28,30)/t16-,17-/m0/s1. The molecule has 0 spiro atoms. The smallest absolute Gasteiger partial charge is 0.277 e. The zero-order valence-corrected chi connectivity index (χ0v) is 17.6. The summed E-state index contributed by atoms with van der Waals surface area (Å²) in [5, 5.41) is 11.2. The van der Waals surface area contributed by atoms with E-state index in [1.54, 1.807) is 28.0 Å². The van der Waals surface area contributed by atoms with Crippen molar-refractivity contribution in [3.63, 3.8) is 0 Å². The highest BCUT2D eigenvalue weighted by atomic mass is 19.1. The quantitative estimate of drug-likeness (QED) is 0.487. The topological polar surface area (TPSA) is 100 Å². The highest BCUT2D eigenvalue weighted by Gasteiger charge is 2.30. The van der Waals surface area contributed by atoms with Gasteiger partial charge in [-0.15, -0.1) is 5.10 Å². The molecular weight excluding hydrogens is 423 g/mol. The predicted octanol–water partition coefficient (Wildman–Crippen LogP) is 3.26. The Balaban J connectivity index is 1.07. The molecule has 1 fully saturated rings. The molecule has 6 rings (SSSR count). The van der Waals surface area contributed by atoms with Crippen LogP contribution in [-0.4, -0.2) is 42.6 Å². The lowest BCUT2D eigenvalue weighted by molar-refractivity contribution is 0.0992. The molecule has 10 heteroatoms. The van der Waals surface area contributed by atoms with Crippen LogP contribution in [0.1, 0.15) is 35.3 Å². The number of carbonyl (C=O) groups excluding carboxylic acids is 1. The molecule has 2 aliphatic rings. The first-order valence-electron chi connectivity index (χ1n) is 10.9. The SMILES string of the molecule is O=C1c2ncccc2CN1c1ccc(N[C@H]2CC[C@H](Nc3nc4cc(F)ccn4n3)C2)nc1. The molecule has 0 radical (unpaired) electrons. The molecule has 0 bridgehead atoms. The maximum atomic E-state index is 13.4. The summed E-state index contributed by atoms with van der Waals surface area (Å²) in [7, 11) is 0. The van der Waals surface area contributed by atoms with Gasteiger partial charge in [-0.05, 0) is 43.5 Å². The molecule has 0 aromatic carbocycles. The highest BCUT2D eigenvalue weighted by molar-refractivity contribution is 6.08. The summed E-state index contributed by atoms with van der Waals surface area (Å²) in [6, 6.07) is 10.8. The summed E-state index contributed by atoms with van der Waals surface area (Å²) in [5.74, 6) is 0.842. The molecule has 2 atom stereocenters. The lowest BCUT2D eigenvalue weighted by Crippen LogP contribution is -2.24. The van der Waals surface area contributed by atoms with E-state index in [0.717, 1.165) is 36.3 Å². The van der Waals surface area contributed by atoms with Crippen molar-refractivity contribution in [2.45, 2.75) is 37.9 Å². The number of nitrogens with zero attached hydrogens (tertiary/aromatic N) is 6. The maximum Gasteiger partial charge on any atom is 0.277 e. The minimum atomic E-state index is -0.333. The number of hydrogen-bond acceptors (Lipinski definition) is 7. The molecule has 166 valence electrons. The maximum absolute atomic E-state index is 13.4. The van der Waals surface area contributed by atoms with Gasteiger partial charge in [0.05, 0.1) is 18.4 Å². The number of halogens is 1. The van der Waals surface area contributed by atoms with Gasteiger partial charge in [-0.3, -0.25) is 9.78 Å². The number of amides is 1. The molecule has 0 saturated heterocycles. The van der Waals surface area contributed by atoms with Crippen LogP contribution in [0.2, 0.25) is 0 Å². The van der Waals surface area contributed by atoms with E-state index in [0.29, 0.717) is 23.8 Å². The molecule has 4 aromatic heterocycles. The summed E-state index contributed by atoms with van der Waals surface area (Å²) in [6.07, 6.45) is 7.75. The van der Waals surface area contributed by atoms with E-state index < -0.39 is 0 Å². The van der Waals surface area contributed by atoms with Crippen LogP contribution < -0.4 is 15.5 Å². The molecule has 1 amide bonds. The second-order valence-electron chi connectivity index (χ2n) is 8.38. The van der Waals surface area contributed by atoms with Gasteiger partial charge in [0.15, 0.2) is 5.65 Å². The highest BCUT2D eigenvalue weighted by Crippen LogP contribution is 2.28. The second-order valence-corrected chi connectivity index (χ2v) is 8.38. The van der Waals surface area contributed by atoms with E-state index in [1.807, 2.05) is 24.3 Å². The molecule has 33 heavy (non-hydrogen) atoms. The van der Waals surface area contributed by atoms with Crippen LogP contribution in [0, 0.1) is 5.82 Å². The molecule has 2 N–H and O–H groups in total. The predicted molar refractivity (Wildman–Crippen MR) is 121 cm³/mol. The van der Waals surface area contributed by atoms with Gasteiger partial charge >= 0.3 is 0 Å². The third-order valence-corrected chi connectivity index (χ3v) is 6.14. The molecule has 1 aliphatic carbocycles. The first-order chi connectivity index (χ1) is 16.1. The number of aromatic nitrogens is 5. The van der Waals surface area contributed by atoms with Gasteiger partial charge in [0.25, 0.3) is 5.91 Å². The van der Waals surface area contributed by atoms with Crippen molar-refractivity contribution >= 4 is 29.0 Å². The van der Waals surface area contributed by atoms with Crippen molar-refractivity contribution < 1.29 is 9.18 Å². The van der Waals surface area contributed by atoms with Crippen LogP contribution in [0.4, 0.5) is 21.8 Å². The van der Waals surface area contributed by atoms with Crippen molar-refractivity contribution in [2.24, 2.45) is 0 Å². The van der Waals surface area contributed by atoms with Gasteiger partial charge in [-0.1, -0.05) is 6.07 Å².